The Morgan fingerprint density at radius 3 is 2.44 bits per heavy atom. The second-order valence-electron chi connectivity index (χ2n) is 6.03. The highest BCUT2D eigenvalue weighted by Crippen LogP contribution is 2.36. The average molecular weight is 225 g/mol. The molecule has 1 aliphatic carbocycles. The predicted octanol–water partition coefficient (Wildman–Crippen LogP) is 1.01. The monoisotopic (exact) mass is 225 g/mol. The smallest absolute Gasteiger partial charge is 0.0330 e. The minimum absolute atomic E-state index is 0.487. The number of hydrogen-bond donors (Lipinski definition) is 1. The summed E-state index contributed by atoms with van der Waals surface area (Å²) in [5.41, 5.74) is 0.487. The first-order chi connectivity index (χ1) is 7.62. The molecule has 1 N–H and O–H groups in total. The van der Waals surface area contributed by atoms with Gasteiger partial charge in [0, 0.05) is 18.6 Å². The van der Waals surface area contributed by atoms with Crippen molar-refractivity contribution < 1.29 is 0 Å². The zero-order valence-electron chi connectivity index (χ0n) is 11.1. The Bertz CT molecular complexity index is 217. The molecule has 1 aliphatic heterocycles. The van der Waals surface area contributed by atoms with Gasteiger partial charge in [-0.2, -0.15) is 0 Å². The van der Waals surface area contributed by atoms with Crippen LogP contribution in [0.1, 0.15) is 25.7 Å². The van der Waals surface area contributed by atoms with Crippen LogP contribution in [-0.2, 0) is 0 Å². The first kappa shape index (κ1) is 12.3. The van der Waals surface area contributed by atoms with E-state index in [9.17, 15) is 0 Å². The molecule has 3 nitrogen and oxygen atoms in total. The number of nitrogens with zero attached hydrogens (tertiary/aromatic N) is 2. The molecule has 0 spiro atoms. The van der Waals surface area contributed by atoms with Crippen molar-refractivity contribution in [1.82, 2.24) is 15.1 Å². The Hall–Kier alpha value is -0.120. The van der Waals surface area contributed by atoms with Gasteiger partial charge in [0.25, 0.3) is 0 Å². The van der Waals surface area contributed by atoms with Gasteiger partial charge < -0.3 is 15.1 Å². The SMILES string of the molecule is CN(CC1CCNC1)CC1(N(C)C)CCC1. The first-order valence-corrected chi connectivity index (χ1v) is 6.69. The van der Waals surface area contributed by atoms with E-state index in [1.807, 2.05) is 0 Å². The molecule has 1 saturated heterocycles. The predicted molar refractivity (Wildman–Crippen MR) is 68.7 cm³/mol. The molecule has 0 aromatic carbocycles. The van der Waals surface area contributed by atoms with Crippen molar-refractivity contribution in [2.75, 3.05) is 47.3 Å². The van der Waals surface area contributed by atoms with Gasteiger partial charge in [0.15, 0.2) is 0 Å². The van der Waals surface area contributed by atoms with E-state index in [0.717, 1.165) is 5.92 Å². The summed E-state index contributed by atoms with van der Waals surface area (Å²) in [4.78, 5) is 5.00. The van der Waals surface area contributed by atoms with E-state index < -0.39 is 0 Å². The molecule has 2 aliphatic rings. The summed E-state index contributed by atoms with van der Waals surface area (Å²) in [5, 5.41) is 3.45. The van der Waals surface area contributed by atoms with Gasteiger partial charge in [0.1, 0.15) is 0 Å². The maximum absolute atomic E-state index is 3.45. The highest BCUT2D eigenvalue weighted by Gasteiger charge is 2.39. The molecule has 0 amide bonds. The number of hydrogen-bond acceptors (Lipinski definition) is 3. The van der Waals surface area contributed by atoms with E-state index in [-0.39, 0.29) is 0 Å². The Morgan fingerprint density at radius 2 is 2.00 bits per heavy atom. The van der Waals surface area contributed by atoms with Crippen molar-refractivity contribution in [2.24, 2.45) is 5.92 Å². The Morgan fingerprint density at radius 1 is 1.25 bits per heavy atom. The van der Waals surface area contributed by atoms with Crippen LogP contribution in [0.2, 0.25) is 0 Å². The zero-order valence-corrected chi connectivity index (χ0v) is 11.1. The first-order valence-electron chi connectivity index (χ1n) is 6.69. The number of nitrogens with one attached hydrogen (secondary N) is 1. The number of rotatable bonds is 5. The Balaban J connectivity index is 1.78. The summed E-state index contributed by atoms with van der Waals surface area (Å²) in [6.07, 6.45) is 5.54. The summed E-state index contributed by atoms with van der Waals surface area (Å²) in [6.45, 7) is 4.95. The average Bonchev–Trinajstić information content (AvgIpc) is 2.63. The van der Waals surface area contributed by atoms with Gasteiger partial charge in [0.05, 0.1) is 0 Å². The minimum atomic E-state index is 0.487. The quantitative estimate of drug-likeness (QED) is 0.753. The molecule has 1 atom stereocenters. The van der Waals surface area contributed by atoms with Gasteiger partial charge in [-0.3, -0.25) is 0 Å². The van der Waals surface area contributed by atoms with Crippen LogP contribution in [0.3, 0.4) is 0 Å². The lowest BCUT2D eigenvalue weighted by Gasteiger charge is -2.49. The molecule has 1 heterocycles. The lowest BCUT2D eigenvalue weighted by Crippen LogP contribution is -2.57. The van der Waals surface area contributed by atoms with Crippen LogP contribution in [-0.4, -0.2) is 62.7 Å². The maximum Gasteiger partial charge on any atom is 0.0330 e. The molecule has 1 unspecified atom stereocenters. The molecule has 2 fully saturated rings. The maximum atomic E-state index is 3.45. The van der Waals surface area contributed by atoms with Gasteiger partial charge >= 0.3 is 0 Å². The van der Waals surface area contributed by atoms with E-state index >= 15 is 0 Å². The van der Waals surface area contributed by atoms with Crippen LogP contribution >= 0.6 is 0 Å². The van der Waals surface area contributed by atoms with Crippen molar-refractivity contribution in [3.8, 4) is 0 Å². The molecule has 1 saturated carbocycles. The van der Waals surface area contributed by atoms with Crippen molar-refractivity contribution >= 4 is 0 Å². The van der Waals surface area contributed by atoms with Crippen LogP contribution in [0, 0.1) is 5.92 Å². The van der Waals surface area contributed by atoms with Crippen LogP contribution < -0.4 is 5.32 Å². The minimum Gasteiger partial charge on any atom is -0.316 e. The van der Waals surface area contributed by atoms with Gasteiger partial charge in [-0.25, -0.2) is 0 Å². The summed E-state index contributed by atoms with van der Waals surface area (Å²) < 4.78 is 0. The molecule has 3 heteroatoms. The second kappa shape index (κ2) is 5.03. The van der Waals surface area contributed by atoms with Crippen LogP contribution in [0.4, 0.5) is 0 Å². The zero-order chi connectivity index (χ0) is 11.6. The van der Waals surface area contributed by atoms with Gasteiger partial charge in [-0.15, -0.1) is 0 Å². The van der Waals surface area contributed by atoms with Crippen molar-refractivity contribution in [2.45, 2.75) is 31.2 Å². The molecule has 0 aromatic heterocycles. The van der Waals surface area contributed by atoms with Crippen molar-refractivity contribution in [1.29, 1.82) is 0 Å². The third kappa shape index (κ3) is 2.58. The lowest BCUT2D eigenvalue weighted by molar-refractivity contribution is 0.0247. The fourth-order valence-electron chi connectivity index (χ4n) is 3.21. The molecule has 0 aromatic rings. The van der Waals surface area contributed by atoms with Crippen LogP contribution in [0.5, 0.6) is 0 Å². The highest BCUT2D eigenvalue weighted by molar-refractivity contribution is 4.98. The van der Waals surface area contributed by atoms with Crippen molar-refractivity contribution in [3.05, 3.63) is 0 Å². The summed E-state index contributed by atoms with van der Waals surface area (Å²) in [6, 6.07) is 0. The van der Waals surface area contributed by atoms with Crippen molar-refractivity contribution in [3.63, 3.8) is 0 Å². The fourth-order valence-corrected chi connectivity index (χ4v) is 3.21. The fraction of sp³-hybridized carbons (Fsp3) is 1.00. The highest BCUT2D eigenvalue weighted by atomic mass is 15.2. The molecular weight excluding hydrogens is 198 g/mol. The summed E-state index contributed by atoms with van der Waals surface area (Å²) in [5.74, 6) is 0.879. The summed E-state index contributed by atoms with van der Waals surface area (Å²) >= 11 is 0. The van der Waals surface area contributed by atoms with Gasteiger partial charge in [-0.1, -0.05) is 0 Å². The molecule has 16 heavy (non-hydrogen) atoms. The van der Waals surface area contributed by atoms with E-state index in [4.69, 9.17) is 0 Å². The third-order valence-corrected chi connectivity index (χ3v) is 4.53. The normalized spacial score (nSPS) is 28.7. The molecule has 94 valence electrons. The van der Waals surface area contributed by atoms with Crippen LogP contribution in [0.15, 0.2) is 0 Å². The van der Waals surface area contributed by atoms with Gasteiger partial charge in [-0.05, 0) is 65.8 Å². The van der Waals surface area contributed by atoms with E-state index in [0.29, 0.717) is 5.54 Å². The molecular formula is C13H27N3. The van der Waals surface area contributed by atoms with Gasteiger partial charge in [0.2, 0.25) is 0 Å². The van der Waals surface area contributed by atoms with E-state index in [1.165, 1.54) is 51.9 Å². The molecule has 0 radical (unpaired) electrons. The van der Waals surface area contributed by atoms with Crippen LogP contribution in [0.25, 0.3) is 0 Å². The largest absolute Gasteiger partial charge is 0.316 e. The molecule has 2 rings (SSSR count). The topological polar surface area (TPSA) is 18.5 Å². The summed E-state index contributed by atoms with van der Waals surface area (Å²) in [7, 11) is 6.77. The second-order valence-corrected chi connectivity index (χ2v) is 6.03. The Labute approximate surface area is 100 Å². The van der Waals surface area contributed by atoms with E-state index in [2.05, 4.69) is 36.3 Å². The standard InChI is InChI=1S/C13H27N3/c1-15(2)13(6-4-7-13)11-16(3)10-12-5-8-14-9-12/h12,14H,4-11H2,1-3H3. The lowest BCUT2D eigenvalue weighted by atomic mass is 9.75. The number of likely N-dealkylation sites (N-methyl/N-ethyl adjacent to an activating group) is 2. The molecule has 0 bridgehead atoms. The Kier molecular flexibility index (Phi) is 3.88. The third-order valence-electron chi connectivity index (χ3n) is 4.53. The van der Waals surface area contributed by atoms with E-state index in [1.54, 1.807) is 0 Å².